The summed E-state index contributed by atoms with van der Waals surface area (Å²) in [6, 6.07) is 7.69. The largest absolute Gasteiger partial charge is 0.460 e. The van der Waals surface area contributed by atoms with Crippen molar-refractivity contribution < 1.29 is 13.7 Å². The molecule has 1 rings (SSSR count). The summed E-state index contributed by atoms with van der Waals surface area (Å²) in [5.41, 5.74) is 0.234. The second kappa shape index (κ2) is 6.95. The van der Waals surface area contributed by atoms with Crippen LogP contribution in [0.1, 0.15) is 47.1 Å². The van der Waals surface area contributed by atoms with E-state index in [1.165, 1.54) is 0 Å². The van der Waals surface area contributed by atoms with Crippen molar-refractivity contribution in [1.82, 2.24) is 0 Å². The smallest absolute Gasteiger partial charge is 0.309 e. The van der Waals surface area contributed by atoms with Gasteiger partial charge in [-0.2, -0.15) is 0 Å². The predicted octanol–water partition coefficient (Wildman–Crippen LogP) is 4.11. The van der Waals surface area contributed by atoms with Crippen molar-refractivity contribution in [2.75, 3.05) is 5.75 Å². The molecule has 2 atom stereocenters. The van der Waals surface area contributed by atoms with Gasteiger partial charge in [0.05, 0.1) is 16.7 Å². The van der Waals surface area contributed by atoms with Crippen LogP contribution in [0.3, 0.4) is 0 Å². The Morgan fingerprint density at radius 1 is 1.14 bits per heavy atom. The molecule has 22 heavy (non-hydrogen) atoms. The minimum Gasteiger partial charge on any atom is -0.460 e. The van der Waals surface area contributed by atoms with Gasteiger partial charge in [-0.1, -0.05) is 38.5 Å². The third-order valence-corrected chi connectivity index (χ3v) is 5.52. The van der Waals surface area contributed by atoms with Crippen molar-refractivity contribution in [2.45, 2.75) is 59.0 Å². The van der Waals surface area contributed by atoms with Gasteiger partial charge in [0.1, 0.15) is 5.60 Å². The van der Waals surface area contributed by atoms with Crippen LogP contribution in [-0.2, 0) is 20.3 Å². The standard InChI is InChI=1S/C18H28O3S/c1-13-8-10-15(11-9-13)22(20)12-18(6,7)14(2)16(19)21-17(3,4)5/h8-11,14H,12H2,1-7H3/t14-,22?/m1/s1. The van der Waals surface area contributed by atoms with Crippen LogP contribution >= 0.6 is 0 Å². The second-order valence-electron chi connectivity index (χ2n) is 7.55. The van der Waals surface area contributed by atoms with Crippen molar-refractivity contribution in [2.24, 2.45) is 11.3 Å². The van der Waals surface area contributed by atoms with Gasteiger partial charge in [-0.25, -0.2) is 0 Å². The topological polar surface area (TPSA) is 43.4 Å². The number of hydrogen-bond donors (Lipinski definition) is 0. The Labute approximate surface area is 136 Å². The zero-order valence-corrected chi connectivity index (χ0v) is 15.5. The van der Waals surface area contributed by atoms with Gasteiger partial charge in [-0.15, -0.1) is 0 Å². The van der Waals surface area contributed by atoms with E-state index in [1.54, 1.807) is 0 Å². The lowest BCUT2D eigenvalue weighted by molar-refractivity contribution is -0.162. The predicted molar refractivity (Wildman–Crippen MR) is 91.2 cm³/mol. The zero-order chi connectivity index (χ0) is 17.1. The molecule has 0 amide bonds. The highest BCUT2D eigenvalue weighted by Crippen LogP contribution is 2.31. The minimum absolute atomic E-state index is 0.238. The molecule has 0 saturated heterocycles. The highest BCUT2D eigenvalue weighted by Gasteiger charge is 2.36. The second-order valence-corrected chi connectivity index (χ2v) is 9.00. The fourth-order valence-electron chi connectivity index (χ4n) is 1.95. The molecule has 0 N–H and O–H groups in total. The maximum absolute atomic E-state index is 12.5. The summed E-state index contributed by atoms with van der Waals surface area (Å²) in [5, 5.41) is 0. The molecule has 0 bridgehead atoms. The van der Waals surface area contributed by atoms with Crippen LogP contribution in [0.5, 0.6) is 0 Å². The molecule has 0 aliphatic heterocycles. The maximum atomic E-state index is 12.5. The summed E-state index contributed by atoms with van der Waals surface area (Å²) in [6.45, 7) is 13.3. The molecule has 1 aromatic rings. The molecule has 0 aliphatic carbocycles. The van der Waals surface area contributed by atoms with Crippen LogP contribution in [0.15, 0.2) is 29.2 Å². The van der Waals surface area contributed by atoms with Crippen molar-refractivity contribution in [3.05, 3.63) is 29.8 Å². The van der Waals surface area contributed by atoms with Crippen molar-refractivity contribution in [3.63, 3.8) is 0 Å². The summed E-state index contributed by atoms with van der Waals surface area (Å²) in [7, 11) is -1.13. The lowest BCUT2D eigenvalue weighted by Crippen LogP contribution is -2.37. The van der Waals surface area contributed by atoms with Gasteiger partial charge < -0.3 is 4.74 Å². The van der Waals surface area contributed by atoms with Gasteiger partial charge in [0.15, 0.2) is 0 Å². The molecule has 4 heteroatoms. The molecule has 1 unspecified atom stereocenters. The van der Waals surface area contributed by atoms with Gasteiger partial charge in [0, 0.05) is 10.6 Å². The summed E-state index contributed by atoms with van der Waals surface area (Å²) in [5.74, 6) is -0.129. The quantitative estimate of drug-likeness (QED) is 0.766. The highest BCUT2D eigenvalue weighted by molar-refractivity contribution is 7.85. The molecular formula is C18H28O3S. The summed E-state index contributed by atoms with van der Waals surface area (Å²) >= 11 is 0. The summed E-state index contributed by atoms with van der Waals surface area (Å²) < 4.78 is 18.0. The van der Waals surface area contributed by atoms with Crippen LogP contribution in [0.4, 0.5) is 0 Å². The molecule has 0 saturated carbocycles. The van der Waals surface area contributed by atoms with Crippen molar-refractivity contribution in [1.29, 1.82) is 0 Å². The fraction of sp³-hybridized carbons (Fsp3) is 0.611. The Bertz CT molecular complexity index is 538. The number of ether oxygens (including phenoxy) is 1. The number of esters is 1. The van der Waals surface area contributed by atoms with E-state index >= 15 is 0 Å². The minimum atomic E-state index is -1.13. The maximum Gasteiger partial charge on any atom is 0.309 e. The Balaban J connectivity index is 2.79. The lowest BCUT2D eigenvalue weighted by atomic mass is 9.82. The van der Waals surface area contributed by atoms with E-state index in [9.17, 15) is 9.00 Å². The highest BCUT2D eigenvalue weighted by atomic mass is 32.2. The SMILES string of the molecule is Cc1ccc(S(=O)CC(C)(C)[C@H](C)C(=O)OC(C)(C)C)cc1. The molecule has 1 aromatic carbocycles. The van der Waals surface area contributed by atoms with Gasteiger partial charge >= 0.3 is 5.97 Å². The molecule has 0 fully saturated rings. The third kappa shape index (κ3) is 5.56. The number of rotatable bonds is 5. The van der Waals surface area contributed by atoms with E-state index in [4.69, 9.17) is 4.74 Å². The first kappa shape index (κ1) is 18.9. The zero-order valence-electron chi connectivity index (χ0n) is 14.7. The fourth-order valence-corrected chi connectivity index (χ4v) is 3.48. The van der Waals surface area contributed by atoms with E-state index in [0.717, 1.165) is 10.5 Å². The average molecular weight is 324 g/mol. The first-order chi connectivity index (χ1) is 9.92. The van der Waals surface area contributed by atoms with Gasteiger partial charge in [0.2, 0.25) is 0 Å². The Hall–Kier alpha value is -1.16. The van der Waals surface area contributed by atoms with Gasteiger partial charge in [-0.3, -0.25) is 9.00 Å². The lowest BCUT2D eigenvalue weighted by Gasteiger charge is -2.32. The van der Waals surface area contributed by atoms with Crippen LogP contribution in [0, 0.1) is 18.3 Å². The van der Waals surface area contributed by atoms with E-state index in [0.29, 0.717) is 5.75 Å². The van der Waals surface area contributed by atoms with E-state index in [1.807, 2.05) is 72.7 Å². The Morgan fingerprint density at radius 3 is 2.09 bits per heavy atom. The van der Waals surface area contributed by atoms with E-state index < -0.39 is 21.8 Å². The van der Waals surface area contributed by atoms with Crippen LogP contribution in [-0.4, -0.2) is 21.5 Å². The number of hydrogen-bond acceptors (Lipinski definition) is 3. The van der Waals surface area contributed by atoms with E-state index in [2.05, 4.69) is 0 Å². The van der Waals surface area contributed by atoms with Gasteiger partial charge in [-0.05, 0) is 45.2 Å². The molecular weight excluding hydrogens is 296 g/mol. The van der Waals surface area contributed by atoms with Crippen LogP contribution < -0.4 is 0 Å². The van der Waals surface area contributed by atoms with Crippen molar-refractivity contribution >= 4 is 16.8 Å². The normalized spacial score (nSPS) is 15.2. The average Bonchev–Trinajstić information content (AvgIpc) is 2.35. The Kier molecular flexibility index (Phi) is 5.96. The number of carbonyl (C=O) groups excluding carboxylic acids is 1. The molecule has 0 radical (unpaired) electrons. The molecule has 0 spiro atoms. The summed E-state index contributed by atoms with van der Waals surface area (Å²) in [4.78, 5) is 13.0. The summed E-state index contributed by atoms with van der Waals surface area (Å²) in [6.07, 6.45) is 0. The van der Waals surface area contributed by atoms with Gasteiger partial charge in [0.25, 0.3) is 0 Å². The van der Waals surface area contributed by atoms with E-state index in [-0.39, 0.29) is 11.9 Å². The van der Waals surface area contributed by atoms with Crippen molar-refractivity contribution in [3.8, 4) is 0 Å². The monoisotopic (exact) mass is 324 g/mol. The molecule has 0 aromatic heterocycles. The molecule has 124 valence electrons. The number of aryl methyl sites for hydroxylation is 1. The molecule has 0 heterocycles. The Morgan fingerprint density at radius 2 is 1.64 bits per heavy atom. The first-order valence-electron chi connectivity index (χ1n) is 7.60. The van der Waals surface area contributed by atoms with Crippen LogP contribution in [0.2, 0.25) is 0 Å². The third-order valence-electron chi connectivity index (χ3n) is 3.72. The molecule has 3 nitrogen and oxygen atoms in total. The molecule has 0 aliphatic rings. The number of carbonyl (C=O) groups is 1. The van der Waals surface area contributed by atoms with Crippen LogP contribution in [0.25, 0.3) is 0 Å². The first-order valence-corrected chi connectivity index (χ1v) is 8.92. The number of benzene rings is 1.